The first-order valence-electron chi connectivity index (χ1n) is 6.26. The molecule has 0 aliphatic rings. The molecule has 5 nitrogen and oxygen atoms in total. The summed E-state index contributed by atoms with van der Waals surface area (Å²) in [5.74, 6) is 0. The largest absolute Gasteiger partial charge is 0.361 e. The summed E-state index contributed by atoms with van der Waals surface area (Å²) in [4.78, 5) is 3.18. The van der Waals surface area contributed by atoms with Gasteiger partial charge in [-0.1, -0.05) is 12.1 Å². The van der Waals surface area contributed by atoms with Crippen molar-refractivity contribution < 1.29 is 8.42 Å². The van der Waals surface area contributed by atoms with Gasteiger partial charge in [0.25, 0.3) is 0 Å². The van der Waals surface area contributed by atoms with Crippen LogP contribution in [0.2, 0.25) is 0 Å². The SMILES string of the molecule is CS(=O)(=O)NCCCNCc1cccc2[nH]ccc12. The first-order valence-corrected chi connectivity index (χ1v) is 8.16. The number of nitrogens with one attached hydrogen (secondary N) is 3. The van der Waals surface area contributed by atoms with E-state index in [1.54, 1.807) is 0 Å². The highest BCUT2D eigenvalue weighted by Crippen LogP contribution is 2.16. The van der Waals surface area contributed by atoms with E-state index in [1.165, 1.54) is 17.2 Å². The van der Waals surface area contributed by atoms with Gasteiger partial charge in [0.15, 0.2) is 0 Å². The number of sulfonamides is 1. The highest BCUT2D eigenvalue weighted by molar-refractivity contribution is 7.88. The van der Waals surface area contributed by atoms with Gasteiger partial charge >= 0.3 is 0 Å². The minimum absolute atomic E-state index is 0.472. The summed E-state index contributed by atoms with van der Waals surface area (Å²) in [5.41, 5.74) is 2.38. The van der Waals surface area contributed by atoms with Crippen molar-refractivity contribution in [3.63, 3.8) is 0 Å². The fourth-order valence-corrected chi connectivity index (χ4v) is 2.51. The average Bonchev–Trinajstić information content (AvgIpc) is 2.81. The van der Waals surface area contributed by atoms with Crippen LogP contribution in [0.3, 0.4) is 0 Å². The van der Waals surface area contributed by atoms with Gasteiger partial charge in [-0.15, -0.1) is 0 Å². The Hall–Kier alpha value is -1.37. The second kappa shape index (κ2) is 6.18. The van der Waals surface area contributed by atoms with E-state index < -0.39 is 10.0 Å². The lowest BCUT2D eigenvalue weighted by Crippen LogP contribution is -2.26. The topological polar surface area (TPSA) is 74.0 Å². The minimum Gasteiger partial charge on any atom is -0.361 e. The van der Waals surface area contributed by atoms with Gasteiger partial charge in [0.2, 0.25) is 10.0 Å². The Balaban J connectivity index is 1.76. The smallest absolute Gasteiger partial charge is 0.208 e. The Morgan fingerprint density at radius 1 is 1.21 bits per heavy atom. The molecule has 1 aromatic heterocycles. The molecule has 0 spiro atoms. The molecule has 0 atom stereocenters. The van der Waals surface area contributed by atoms with Gasteiger partial charge in [-0.25, -0.2) is 13.1 Å². The highest BCUT2D eigenvalue weighted by Gasteiger charge is 2.01. The summed E-state index contributed by atoms with van der Waals surface area (Å²) in [6.07, 6.45) is 3.88. The quantitative estimate of drug-likeness (QED) is 0.668. The molecular formula is C13H19N3O2S. The predicted molar refractivity (Wildman–Crippen MR) is 77.5 cm³/mol. The zero-order chi connectivity index (χ0) is 13.7. The van der Waals surface area contributed by atoms with Gasteiger partial charge in [0, 0.05) is 30.2 Å². The Bertz CT molecular complexity index is 634. The second-order valence-corrected chi connectivity index (χ2v) is 6.39. The zero-order valence-corrected chi connectivity index (χ0v) is 11.8. The Morgan fingerprint density at radius 3 is 2.84 bits per heavy atom. The van der Waals surface area contributed by atoms with Gasteiger partial charge in [-0.3, -0.25) is 0 Å². The van der Waals surface area contributed by atoms with Gasteiger partial charge in [0.05, 0.1) is 6.26 Å². The molecule has 0 fully saturated rings. The number of benzene rings is 1. The molecule has 0 amide bonds. The van der Waals surface area contributed by atoms with Crippen LogP contribution in [0.15, 0.2) is 30.5 Å². The molecule has 19 heavy (non-hydrogen) atoms. The Labute approximate surface area is 113 Å². The van der Waals surface area contributed by atoms with Crippen molar-refractivity contribution in [1.82, 2.24) is 15.0 Å². The van der Waals surface area contributed by atoms with E-state index in [2.05, 4.69) is 33.2 Å². The summed E-state index contributed by atoms with van der Waals surface area (Å²) >= 11 is 0. The van der Waals surface area contributed by atoms with E-state index in [1.807, 2.05) is 12.3 Å². The highest BCUT2D eigenvalue weighted by atomic mass is 32.2. The first-order chi connectivity index (χ1) is 9.06. The third-order valence-corrected chi connectivity index (χ3v) is 3.62. The molecule has 1 heterocycles. The second-order valence-electron chi connectivity index (χ2n) is 4.55. The Morgan fingerprint density at radius 2 is 2.05 bits per heavy atom. The van der Waals surface area contributed by atoms with Crippen molar-refractivity contribution in [2.75, 3.05) is 19.3 Å². The Kier molecular flexibility index (Phi) is 4.57. The van der Waals surface area contributed by atoms with Gasteiger partial charge < -0.3 is 10.3 Å². The molecule has 6 heteroatoms. The summed E-state index contributed by atoms with van der Waals surface area (Å²) < 4.78 is 24.2. The van der Waals surface area contributed by atoms with Crippen LogP contribution >= 0.6 is 0 Å². The molecule has 0 bridgehead atoms. The molecule has 0 saturated heterocycles. The molecule has 2 rings (SSSR count). The summed E-state index contributed by atoms with van der Waals surface area (Å²) in [7, 11) is -3.07. The standard InChI is InChI=1S/C13H19N3O2S/c1-19(17,18)16-8-3-7-14-10-11-4-2-5-13-12(11)6-9-15-13/h2,4-6,9,14-16H,3,7-8,10H2,1H3. The van der Waals surface area contributed by atoms with E-state index >= 15 is 0 Å². The number of aromatic amines is 1. The maximum absolute atomic E-state index is 10.9. The van der Waals surface area contributed by atoms with E-state index in [4.69, 9.17) is 0 Å². The van der Waals surface area contributed by atoms with E-state index in [-0.39, 0.29) is 0 Å². The predicted octanol–water partition coefficient (Wildman–Crippen LogP) is 1.20. The van der Waals surface area contributed by atoms with Crippen LogP contribution in [-0.4, -0.2) is 32.7 Å². The monoisotopic (exact) mass is 281 g/mol. The molecular weight excluding hydrogens is 262 g/mol. The van der Waals surface area contributed by atoms with Crippen LogP contribution in [0.25, 0.3) is 10.9 Å². The number of rotatable bonds is 7. The van der Waals surface area contributed by atoms with Crippen LogP contribution in [0.5, 0.6) is 0 Å². The molecule has 0 radical (unpaired) electrons. The van der Waals surface area contributed by atoms with Gasteiger partial charge in [-0.2, -0.15) is 0 Å². The minimum atomic E-state index is -3.07. The van der Waals surface area contributed by atoms with Crippen molar-refractivity contribution in [3.05, 3.63) is 36.0 Å². The van der Waals surface area contributed by atoms with Crippen molar-refractivity contribution in [2.45, 2.75) is 13.0 Å². The fourth-order valence-electron chi connectivity index (χ4n) is 2.00. The maximum atomic E-state index is 10.9. The fraction of sp³-hybridized carbons (Fsp3) is 0.385. The number of aromatic nitrogens is 1. The maximum Gasteiger partial charge on any atom is 0.208 e. The van der Waals surface area contributed by atoms with Gasteiger partial charge in [-0.05, 0) is 30.7 Å². The van der Waals surface area contributed by atoms with E-state index in [9.17, 15) is 8.42 Å². The van der Waals surface area contributed by atoms with E-state index in [0.717, 1.165) is 25.0 Å². The van der Waals surface area contributed by atoms with Crippen molar-refractivity contribution in [3.8, 4) is 0 Å². The summed E-state index contributed by atoms with van der Waals surface area (Å²) in [6, 6.07) is 8.24. The number of hydrogen-bond donors (Lipinski definition) is 3. The molecule has 3 N–H and O–H groups in total. The first kappa shape index (κ1) is 14.0. The van der Waals surface area contributed by atoms with Crippen LogP contribution in [0, 0.1) is 0 Å². The van der Waals surface area contributed by atoms with E-state index in [0.29, 0.717) is 6.54 Å². The lowest BCUT2D eigenvalue weighted by molar-refractivity contribution is 0.579. The molecule has 2 aromatic rings. The van der Waals surface area contributed by atoms with Crippen LogP contribution in [0.1, 0.15) is 12.0 Å². The van der Waals surface area contributed by atoms with Crippen LogP contribution in [-0.2, 0) is 16.6 Å². The molecule has 1 aromatic carbocycles. The molecule has 0 unspecified atom stereocenters. The van der Waals surface area contributed by atoms with Crippen molar-refractivity contribution in [2.24, 2.45) is 0 Å². The van der Waals surface area contributed by atoms with Crippen LogP contribution in [0.4, 0.5) is 0 Å². The normalized spacial score (nSPS) is 12.1. The molecule has 0 aliphatic heterocycles. The average molecular weight is 281 g/mol. The van der Waals surface area contributed by atoms with Gasteiger partial charge in [0.1, 0.15) is 0 Å². The number of hydrogen-bond acceptors (Lipinski definition) is 3. The number of fused-ring (bicyclic) bond motifs is 1. The molecule has 0 aliphatic carbocycles. The van der Waals surface area contributed by atoms with Crippen molar-refractivity contribution in [1.29, 1.82) is 0 Å². The molecule has 104 valence electrons. The lowest BCUT2D eigenvalue weighted by atomic mass is 10.1. The zero-order valence-electron chi connectivity index (χ0n) is 10.9. The van der Waals surface area contributed by atoms with Crippen molar-refractivity contribution >= 4 is 20.9 Å². The summed E-state index contributed by atoms with van der Waals surface area (Å²) in [6.45, 7) is 2.04. The third-order valence-electron chi connectivity index (χ3n) is 2.90. The summed E-state index contributed by atoms with van der Waals surface area (Å²) in [5, 5.41) is 4.55. The number of H-pyrrole nitrogens is 1. The third kappa shape index (κ3) is 4.34. The lowest BCUT2D eigenvalue weighted by Gasteiger charge is -2.06. The van der Waals surface area contributed by atoms with Crippen LogP contribution < -0.4 is 10.0 Å². The molecule has 0 saturated carbocycles.